The monoisotopic (exact) mass is 234 g/mol. The number of anilines is 1. The summed E-state index contributed by atoms with van der Waals surface area (Å²) in [6.07, 6.45) is 3.86. The Kier molecular flexibility index (Phi) is 5.53. The maximum absolute atomic E-state index is 11.3. The van der Waals surface area contributed by atoms with Crippen molar-refractivity contribution in [3.05, 3.63) is 29.8 Å². The van der Waals surface area contributed by atoms with Gasteiger partial charge in [0.1, 0.15) is 6.04 Å². The number of hydrogen-bond donors (Lipinski definition) is 2. The van der Waals surface area contributed by atoms with Crippen LogP contribution in [0.2, 0.25) is 0 Å². The Labute approximate surface area is 103 Å². The summed E-state index contributed by atoms with van der Waals surface area (Å²) in [5, 5.41) is 3.21. The predicted octanol–water partition coefficient (Wildman–Crippen LogP) is 2.71. The fourth-order valence-corrected chi connectivity index (χ4v) is 1.78. The number of benzene rings is 1. The molecule has 0 fully saturated rings. The minimum atomic E-state index is -0.277. The molecular formula is C14H22N2O. The van der Waals surface area contributed by atoms with Crippen molar-refractivity contribution in [2.45, 2.75) is 45.6 Å². The lowest BCUT2D eigenvalue weighted by molar-refractivity contribution is -0.118. The number of amides is 1. The van der Waals surface area contributed by atoms with Gasteiger partial charge >= 0.3 is 0 Å². The highest BCUT2D eigenvalue weighted by Crippen LogP contribution is 2.14. The van der Waals surface area contributed by atoms with Gasteiger partial charge in [0, 0.05) is 5.69 Å². The number of nitrogens with one attached hydrogen (secondary N) is 1. The largest absolute Gasteiger partial charge is 0.374 e. The normalized spacial score (nSPS) is 12.1. The third-order valence-corrected chi connectivity index (χ3v) is 2.87. The number of aryl methyl sites for hydroxylation is 1. The number of unbranched alkanes of at least 4 members (excludes halogenated alkanes) is 1. The topological polar surface area (TPSA) is 55.1 Å². The van der Waals surface area contributed by atoms with Crippen LogP contribution in [0.15, 0.2) is 24.3 Å². The Morgan fingerprint density at radius 3 is 2.76 bits per heavy atom. The zero-order valence-corrected chi connectivity index (χ0v) is 10.7. The molecule has 0 aromatic heterocycles. The van der Waals surface area contributed by atoms with E-state index >= 15 is 0 Å². The van der Waals surface area contributed by atoms with E-state index in [4.69, 9.17) is 5.73 Å². The summed E-state index contributed by atoms with van der Waals surface area (Å²) in [7, 11) is 0. The predicted molar refractivity (Wildman–Crippen MR) is 72.0 cm³/mol. The van der Waals surface area contributed by atoms with Gasteiger partial charge < -0.3 is 11.1 Å². The average Bonchev–Trinajstić information content (AvgIpc) is 2.34. The standard InChI is InChI=1S/C14H22N2O/c1-3-5-9-13(14(15)17)16-12-8-6-7-11(4-2)10-12/h6-8,10,13,16H,3-5,9H2,1-2H3,(H2,15,17). The first kappa shape index (κ1) is 13.6. The first-order valence-electron chi connectivity index (χ1n) is 6.32. The summed E-state index contributed by atoms with van der Waals surface area (Å²) in [5.74, 6) is -0.277. The number of carbonyl (C=O) groups excluding carboxylic acids is 1. The number of carbonyl (C=O) groups is 1. The number of rotatable bonds is 7. The lowest BCUT2D eigenvalue weighted by atomic mass is 10.1. The van der Waals surface area contributed by atoms with E-state index in [1.54, 1.807) is 0 Å². The minimum Gasteiger partial charge on any atom is -0.374 e. The van der Waals surface area contributed by atoms with Crippen molar-refractivity contribution >= 4 is 11.6 Å². The molecule has 1 rings (SSSR count). The van der Waals surface area contributed by atoms with Gasteiger partial charge in [-0.15, -0.1) is 0 Å². The van der Waals surface area contributed by atoms with Gasteiger partial charge in [0.05, 0.1) is 0 Å². The van der Waals surface area contributed by atoms with Crippen molar-refractivity contribution in [2.75, 3.05) is 5.32 Å². The van der Waals surface area contributed by atoms with E-state index in [2.05, 4.69) is 31.3 Å². The third kappa shape index (κ3) is 4.47. The van der Waals surface area contributed by atoms with Gasteiger partial charge in [0.2, 0.25) is 5.91 Å². The van der Waals surface area contributed by atoms with Gasteiger partial charge in [0.15, 0.2) is 0 Å². The van der Waals surface area contributed by atoms with Crippen LogP contribution in [0.1, 0.15) is 38.7 Å². The maximum atomic E-state index is 11.3. The zero-order chi connectivity index (χ0) is 12.7. The summed E-state index contributed by atoms with van der Waals surface area (Å²) in [5.41, 5.74) is 7.63. The van der Waals surface area contributed by atoms with Crippen LogP contribution in [-0.4, -0.2) is 11.9 Å². The fraction of sp³-hybridized carbons (Fsp3) is 0.500. The SMILES string of the molecule is CCCCC(Nc1cccc(CC)c1)C(N)=O. The molecule has 0 bridgehead atoms. The van der Waals surface area contributed by atoms with E-state index < -0.39 is 0 Å². The smallest absolute Gasteiger partial charge is 0.239 e. The molecule has 0 spiro atoms. The van der Waals surface area contributed by atoms with E-state index in [0.29, 0.717) is 0 Å². The molecule has 3 N–H and O–H groups in total. The van der Waals surface area contributed by atoms with Gasteiger partial charge in [-0.2, -0.15) is 0 Å². The van der Waals surface area contributed by atoms with Crippen molar-refractivity contribution < 1.29 is 4.79 Å². The van der Waals surface area contributed by atoms with Crippen molar-refractivity contribution in [2.24, 2.45) is 5.73 Å². The number of primary amides is 1. The Bertz CT molecular complexity index is 363. The van der Waals surface area contributed by atoms with Crippen molar-refractivity contribution in [1.29, 1.82) is 0 Å². The Balaban J connectivity index is 2.67. The highest BCUT2D eigenvalue weighted by molar-refractivity contribution is 5.82. The fourth-order valence-electron chi connectivity index (χ4n) is 1.78. The van der Waals surface area contributed by atoms with Gasteiger partial charge in [-0.3, -0.25) is 4.79 Å². The average molecular weight is 234 g/mol. The quantitative estimate of drug-likeness (QED) is 0.762. The van der Waals surface area contributed by atoms with Crippen LogP contribution < -0.4 is 11.1 Å². The lowest BCUT2D eigenvalue weighted by Gasteiger charge is -2.16. The molecule has 1 amide bonds. The van der Waals surface area contributed by atoms with Crippen LogP contribution in [0.3, 0.4) is 0 Å². The van der Waals surface area contributed by atoms with Crippen molar-refractivity contribution in [1.82, 2.24) is 0 Å². The first-order chi connectivity index (χ1) is 8.17. The molecule has 17 heavy (non-hydrogen) atoms. The van der Waals surface area contributed by atoms with E-state index in [9.17, 15) is 4.79 Å². The summed E-state index contributed by atoms with van der Waals surface area (Å²) in [6.45, 7) is 4.22. The van der Waals surface area contributed by atoms with E-state index in [0.717, 1.165) is 31.4 Å². The molecule has 3 heteroatoms. The summed E-state index contributed by atoms with van der Waals surface area (Å²) < 4.78 is 0. The Morgan fingerprint density at radius 1 is 1.41 bits per heavy atom. The summed E-state index contributed by atoms with van der Waals surface area (Å²) in [6, 6.07) is 7.86. The molecule has 1 unspecified atom stereocenters. The number of hydrogen-bond acceptors (Lipinski definition) is 2. The van der Waals surface area contributed by atoms with Gasteiger partial charge in [-0.25, -0.2) is 0 Å². The highest BCUT2D eigenvalue weighted by Gasteiger charge is 2.13. The van der Waals surface area contributed by atoms with Crippen LogP contribution in [0, 0.1) is 0 Å². The highest BCUT2D eigenvalue weighted by atomic mass is 16.1. The molecule has 1 aromatic rings. The summed E-state index contributed by atoms with van der Waals surface area (Å²) >= 11 is 0. The van der Waals surface area contributed by atoms with Crippen LogP contribution in [0.5, 0.6) is 0 Å². The van der Waals surface area contributed by atoms with Gasteiger partial charge in [-0.1, -0.05) is 38.8 Å². The van der Waals surface area contributed by atoms with E-state index in [1.807, 2.05) is 12.1 Å². The lowest BCUT2D eigenvalue weighted by Crippen LogP contribution is -2.35. The van der Waals surface area contributed by atoms with Crippen LogP contribution >= 0.6 is 0 Å². The molecule has 1 atom stereocenters. The molecule has 0 aliphatic heterocycles. The van der Waals surface area contributed by atoms with Crippen LogP contribution in [-0.2, 0) is 11.2 Å². The van der Waals surface area contributed by atoms with Crippen molar-refractivity contribution in [3.8, 4) is 0 Å². The molecule has 0 saturated heterocycles. The molecular weight excluding hydrogens is 212 g/mol. The van der Waals surface area contributed by atoms with Gasteiger partial charge in [0.25, 0.3) is 0 Å². The molecule has 0 aliphatic rings. The molecule has 3 nitrogen and oxygen atoms in total. The van der Waals surface area contributed by atoms with E-state index in [-0.39, 0.29) is 11.9 Å². The molecule has 0 saturated carbocycles. The number of nitrogens with two attached hydrogens (primary N) is 1. The Hall–Kier alpha value is -1.51. The second-order valence-corrected chi connectivity index (χ2v) is 4.30. The van der Waals surface area contributed by atoms with Crippen molar-refractivity contribution in [3.63, 3.8) is 0 Å². The Morgan fingerprint density at radius 2 is 2.18 bits per heavy atom. The zero-order valence-electron chi connectivity index (χ0n) is 10.7. The molecule has 1 aromatic carbocycles. The maximum Gasteiger partial charge on any atom is 0.239 e. The first-order valence-corrected chi connectivity index (χ1v) is 6.32. The molecule has 0 heterocycles. The van der Waals surface area contributed by atoms with E-state index in [1.165, 1.54) is 5.56 Å². The van der Waals surface area contributed by atoms with Gasteiger partial charge in [-0.05, 0) is 30.5 Å². The molecule has 94 valence electrons. The molecule has 0 radical (unpaired) electrons. The van der Waals surface area contributed by atoms with Crippen LogP contribution in [0.25, 0.3) is 0 Å². The summed E-state index contributed by atoms with van der Waals surface area (Å²) in [4.78, 5) is 11.3. The molecule has 0 aliphatic carbocycles. The minimum absolute atomic E-state index is 0.262. The van der Waals surface area contributed by atoms with Crippen LogP contribution in [0.4, 0.5) is 5.69 Å². The second kappa shape index (κ2) is 6.94. The second-order valence-electron chi connectivity index (χ2n) is 4.30. The third-order valence-electron chi connectivity index (χ3n) is 2.87.